The first-order valence-corrected chi connectivity index (χ1v) is 8.97. The van der Waals surface area contributed by atoms with Crippen LogP contribution in [0.4, 0.5) is 0 Å². The van der Waals surface area contributed by atoms with Crippen LogP contribution >= 0.6 is 0 Å². The normalized spacial score (nSPS) is 10.4. The maximum atomic E-state index is 12.7. The van der Waals surface area contributed by atoms with Crippen molar-refractivity contribution >= 4 is 11.9 Å². The number of benzene rings is 1. The highest BCUT2D eigenvalue weighted by Gasteiger charge is 2.16. The summed E-state index contributed by atoms with van der Waals surface area (Å²) in [6, 6.07) is 13.8. The SMILES string of the molecule is CCOC(=O)CCN(CCc1ccccc1)C(=O)Cc1cc(C)ccn1. The molecule has 0 saturated carbocycles. The van der Waals surface area contributed by atoms with E-state index in [1.165, 1.54) is 0 Å². The molecule has 1 heterocycles. The van der Waals surface area contributed by atoms with Crippen LogP contribution in [-0.2, 0) is 27.2 Å². The summed E-state index contributed by atoms with van der Waals surface area (Å²) in [5.74, 6) is -0.304. The number of pyridine rings is 1. The van der Waals surface area contributed by atoms with E-state index in [1.807, 2.05) is 49.4 Å². The Morgan fingerprint density at radius 1 is 1.12 bits per heavy atom. The van der Waals surface area contributed by atoms with Crippen molar-refractivity contribution in [1.29, 1.82) is 0 Å². The van der Waals surface area contributed by atoms with Crippen LogP contribution in [0.2, 0.25) is 0 Å². The first-order valence-electron chi connectivity index (χ1n) is 8.97. The second-order valence-electron chi connectivity index (χ2n) is 6.17. The Labute approximate surface area is 155 Å². The molecule has 0 aliphatic rings. The monoisotopic (exact) mass is 354 g/mol. The zero-order chi connectivity index (χ0) is 18.8. The molecule has 0 N–H and O–H groups in total. The van der Waals surface area contributed by atoms with Gasteiger partial charge in [0.1, 0.15) is 0 Å². The van der Waals surface area contributed by atoms with Gasteiger partial charge in [0.25, 0.3) is 0 Å². The Balaban J connectivity index is 2.00. The largest absolute Gasteiger partial charge is 0.466 e. The van der Waals surface area contributed by atoms with Gasteiger partial charge in [-0.05, 0) is 43.5 Å². The molecule has 0 unspecified atom stereocenters. The second kappa shape index (κ2) is 10.3. The fourth-order valence-electron chi connectivity index (χ4n) is 2.69. The van der Waals surface area contributed by atoms with Crippen LogP contribution in [0.15, 0.2) is 48.7 Å². The summed E-state index contributed by atoms with van der Waals surface area (Å²) < 4.78 is 4.98. The molecule has 2 aromatic rings. The number of hydrogen-bond acceptors (Lipinski definition) is 4. The first-order chi connectivity index (χ1) is 12.6. The second-order valence-corrected chi connectivity index (χ2v) is 6.17. The van der Waals surface area contributed by atoms with Crippen molar-refractivity contribution in [3.05, 3.63) is 65.5 Å². The molecule has 1 amide bonds. The van der Waals surface area contributed by atoms with E-state index in [-0.39, 0.29) is 24.7 Å². The van der Waals surface area contributed by atoms with Gasteiger partial charge in [-0.3, -0.25) is 14.6 Å². The molecule has 0 saturated heterocycles. The van der Waals surface area contributed by atoms with Gasteiger partial charge in [0.15, 0.2) is 0 Å². The number of carbonyl (C=O) groups is 2. The zero-order valence-corrected chi connectivity index (χ0v) is 15.5. The van der Waals surface area contributed by atoms with Gasteiger partial charge >= 0.3 is 5.97 Å². The summed E-state index contributed by atoms with van der Waals surface area (Å²) in [5.41, 5.74) is 2.98. The van der Waals surface area contributed by atoms with E-state index in [9.17, 15) is 9.59 Å². The molecule has 1 aromatic carbocycles. The summed E-state index contributed by atoms with van der Waals surface area (Å²) in [7, 11) is 0. The lowest BCUT2D eigenvalue weighted by atomic mass is 10.1. The van der Waals surface area contributed by atoms with Crippen LogP contribution in [-0.4, -0.2) is 41.5 Å². The average Bonchev–Trinajstić information content (AvgIpc) is 2.62. The molecule has 1 aromatic heterocycles. The number of nitrogens with zero attached hydrogens (tertiary/aromatic N) is 2. The predicted octanol–water partition coefficient (Wildman–Crippen LogP) is 2.96. The van der Waals surface area contributed by atoms with E-state index in [2.05, 4.69) is 4.98 Å². The number of amides is 1. The molecule has 2 rings (SSSR count). The minimum absolute atomic E-state index is 0.0247. The number of ether oxygens (including phenoxy) is 1. The number of aromatic nitrogens is 1. The van der Waals surface area contributed by atoms with E-state index >= 15 is 0 Å². The van der Waals surface area contributed by atoms with Crippen LogP contribution in [0.5, 0.6) is 0 Å². The molecule has 26 heavy (non-hydrogen) atoms. The average molecular weight is 354 g/mol. The van der Waals surface area contributed by atoms with Crippen molar-refractivity contribution in [2.75, 3.05) is 19.7 Å². The molecule has 138 valence electrons. The molecule has 0 aliphatic carbocycles. The van der Waals surface area contributed by atoms with Gasteiger partial charge in [-0.15, -0.1) is 0 Å². The van der Waals surface area contributed by atoms with Crippen molar-refractivity contribution < 1.29 is 14.3 Å². The Bertz CT molecular complexity index is 716. The standard InChI is InChI=1S/C21H26N2O3/c1-3-26-21(25)11-14-23(13-10-18-7-5-4-6-8-18)20(24)16-19-15-17(2)9-12-22-19/h4-9,12,15H,3,10-11,13-14,16H2,1-2H3. The van der Waals surface area contributed by atoms with Crippen molar-refractivity contribution in [2.24, 2.45) is 0 Å². The fraction of sp³-hybridized carbons (Fsp3) is 0.381. The third-order valence-electron chi connectivity index (χ3n) is 4.06. The summed E-state index contributed by atoms with van der Waals surface area (Å²) >= 11 is 0. The van der Waals surface area contributed by atoms with E-state index in [1.54, 1.807) is 18.0 Å². The van der Waals surface area contributed by atoms with Crippen molar-refractivity contribution in [1.82, 2.24) is 9.88 Å². The molecule has 0 radical (unpaired) electrons. The topological polar surface area (TPSA) is 59.5 Å². The van der Waals surface area contributed by atoms with Gasteiger partial charge in [0.05, 0.1) is 19.4 Å². The Morgan fingerprint density at radius 3 is 2.58 bits per heavy atom. The van der Waals surface area contributed by atoms with Gasteiger partial charge in [-0.25, -0.2) is 0 Å². The van der Waals surface area contributed by atoms with Crippen molar-refractivity contribution in [2.45, 2.75) is 33.1 Å². The number of hydrogen-bond donors (Lipinski definition) is 0. The minimum atomic E-state index is -0.279. The minimum Gasteiger partial charge on any atom is -0.466 e. The highest BCUT2D eigenvalue weighted by Crippen LogP contribution is 2.07. The van der Waals surface area contributed by atoms with E-state index in [0.29, 0.717) is 19.7 Å². The highest BCUT2D eigenvalue weighted by atomic mass is 16.5. The molecule has 5 heteroatoms. The van der Waals surface area contributed by atoms with E-state index < -0.39 is 0 Å². The highest BCUT2D eigenvalue weighted by molar-refractivity contribution is 5.79. The molecule has 0 atom stereocenters. The van der Waals surface area contributed by atoms with Crippen molar-refractivity contribution in [3.63, 3.8) is 0 Å². The van der Waals surface area contributed by atoms with Gasteiger partial charge in [0.2, 0.25) is 5.91 Å². The lowest BCUT2D eigenvalue weighted by Crippen LogP contribution is -2.36. The zero-order valence-electron chi connectivity index (χ0n) is 15.5. The molecular weight excluding hydrogens is 328 g/mol. The summed E-state index contributed by atoms with van der Waals surface area (Å²) in [5, 5.41) is 0. The van der Waals surface area contributed by atoms with Gasteiger partial charge in [-0.2, -0.15) is 0 Å². The third-order valence-corrected chi connectivity index (χ3v) is 4.06. The van der Waals surface area contributed by atoms with Crippen molar-refractivity contribution in [3.8, 4) is 0 Å². The number of aryl methyl sites for hydroxylation is 1. The summed E-state index contributed by atoms with van der Waals surface area (Å²) in [6.45, 7) is 5.03. The van der Waals surface area contributed by atoms with Crippen LogP contribution in [0.1, 0.15) is 30.2 Å². The number of rotatable bonds is 9. The van der Waals surface area contributed by atoms with Crippen LogP contribution in [0, 0.1) is 6.92 Å². The maximum absolute atomic E-state index is 12.7. The molecular formula is C21H26N2O3. The smallest absolute Gasteiger partial charge is 0.307 e. The van der Waals surface area contributed by atoms with E-state index in [0.717, 1.165) is 23.2 Å². The Kier molecular flexibility index (Phi) is 7.80. The van der Waals surface area contributed by atoms with Crippen LogP contribution in [0.3, 0.4) is 0 Å². The Morgan fingerprint density at radius 2 is 1.88 bits per heavy atom. The molecule has 0 spiro atoms. The molecule has 0 aliphatic heterocycles. The summed E-state index contributed by atoms with van der Waals surface area (Å²) in [6.07, 6.45) is 2.90. The van der Waals surface area contributed by atoms with Gasteiger partial charge in [0, 0.05) is 25.0 Å². The fourth-order valence-corrected chi connectivity index (χ4v) is 2.69. The quantitative estimate of drug-likeness (QED) is 0.650. The lowest BCUT2D eigenvalue weighted by molar-refractivity contribution is -0.144. The van der Waals surface area contributed by atoms with Gasteiger partial charge in [-0.1, -0.05) is 30.3 Å². The number of carbonyl (C=O) groups excluding carboxylic acids is 2. The van der Waals surface area contributed by atoms with Crippen LogP contribution in [0.25, 0.3) is 0 Å². The maximum Gasteiger partial charge on any atom is 0.307 e. The molecule has 0 fully saturated rings. The molecule has 0 bridgehead atoms. The Hall–Kier alpha value is -2.69. The van der Waals surface area contributed by atoms with E-state index in [4.69, 9.17) is 4.74 Å². The van der Waals surface area contributed by atoms with Gasteiger partial charge < -0.3 is 9.64 Å². The number of esters is 1. The lowest BCUT2D eigenvalue weighted by Gasteiger charge is -2.22. The first kappa shape index (κ1) is 19.6. The molecule has 5 nitrogen and oxygen atoms in total. The predicted molar refractivity (Wildman–Crippen MR) is 101 cm³/mol. The third kappa shape index (κ3) is 6.67. The summed E-state index contributed by atoms with van der Waals surface area (Å²) in [4.78, 5) is 30.4. The van der Waals surface area contributed by atoms with Crippen LogP contribution < -0.4 is 0 Å².